The molecule has 0 saturated heterocycles. The molecular weight excluding hydrogens is 344 g/mol. The van der Waals surface area contributed by atoms with E-state index in [0.717, 1.165) is 25.7 Å². The molecule has 2 heterocycles. The van der Waals surface area contributed by atoms with E-state index in [4.69, 9.17) is 17.0 Å². The number of rotatable bonds is 1. The standard InChI is InChI=1S/C8H7NOS2.C8H7NS.CH4/c1-10-5-2-3-7-6(4-5)9-8(11)12-7;1-6-9-7-4-2-3-5-8(7)10-6;/h2-4H,1H3,(H,9,11);2-5H,1H3;1H4. The molecule has 0 amide bonds. The number of aromatic amines is 1. The lowest BCUT2D eigenvalue weighted by Crippen LogP contribution is -1.80. The van der Waals surface area contributed by atoms with Crippen molar-refractivity contribution in [2.75, 3.05) is 7.11 Å². The molecule has 3 nitrogen and oxygen atoms in total. The minimum Gasteiger partial charge on any atom is -0.497 e. The number of fused-ring (bicyclic) bond motifs is 2. The highest BCUT2D eigenvalue weighted by Crippen LogP contribution is 2.23. The van der Waals surface area contributed by atoms with Crippen molar-refractivity contribution in [3.05, 3.63) is 51.4 Å². The van der Waals surface area contributed by atoms with Crippen molar-refractivity contribution in [2.45, 2.75) is 14.4 Å². The van der Waals surface area contributed by atoms with Crippen LogP contribution >= 0.6 is 34.9 Å². The van der Waals surface area contributed by atoms with E-state index in [2.05, 4.69) is 16.0 Å². The van der Waals surface area contributed by atoms with Crippen molar-refractivity contribution in [3.63, 3.8) is 0 Å². The van der Waals surface area contributed by atoms with Crippen LogP contribution in [0.5, 0.6) is 5.75 Å². The number of nitrogens with zero attached hydrogens (tertiary/aromatic N) is 1. The average molecular weight is 363 g/mol. The molecule has 120 valence electrons. The third-order valence-corrected chi connectivity index (χ3v) is 5.19. The van der Waals surface area contributed by atoms with E-state index in [1.54, 1.807) is 29.8 Å². The summed E-state index contributed by atoms with van der Waals surface area (Å²) in [5, 5.41) is 1.14. The first-order chi connectivity index (χ1) is 10.7. The van der Waals surface area contributed by atoms with E-state index in [-0.39, 0.29) is 7.43 Å². The molecule has 1 N–H and O–H groups in total. The Hall–Kier alpha value is -1.76. The average Bonchev–Trinajstić information content (AvgIpc) is 3.07. The summed E-state index contributed by atoms with van der Waals surface area (Å²) in [4.78, 5) is 7.42. The van der Waals surface area contributed by atoms with Gasteiger partial charge in [-0.2, -0.15) is 0 Å². The molecule has 0 aliphatic rings. The minimum absolute atomic E-state index is 0. The molecule has 6 heteroatoms. The van der Waals surface area contributed by atoms with Gasteiger partial charge in [0.25, 0.3) is 0 Å². The van der Waals surface area contributed by atoms with Crippen LogP contribution in [0.4, 0.5) is 0 Å². The third-order valence-electron chi connectivity index (χ3n) is 3.03. The first kappa shape index (κ1) is 17.6. The first-order valence-electron chi connectivity index (χ1n) is 6.65. The van der Waals surface area contributed by atoms with Gasteiger partial charge in [0, 0.05) is 6.07 Å². The summed E-state index contributed by atoms with van der Waals surface area (Å²) in [6.45, 7) is 2.03. The number of benzene rings is 2. The van der Waals surface area contributed by atoms with Gasteiger partial charge < -0.3 is 9.72 Å². The molecule has 0 spiro atoms. The van der Waals surface area contributed by atoms with Crippen molar-refractivity contribution in [3.8, 4) is 5.75 Å². The number of aryl methyl sites for hydroxylation is 1. The number of ether oxygens (including phenoxy) is 1. The second-order valence-electron chi connectivity index (χ2n) is 4.58. The summed E-state index contributed by atoms with van der Waals surface area (Å²) in [5.74, 6) is 0.853. The van der Waals surface area contributed by atoms with Gasteiger partial charge in [-0.15, -0.1) is 22.7 Å². The molecule has 0 aliphatic heterocycles. The second kappa shape index (κ2) is 7.68. The zero-order chi connectivity index (χ0) is 15.5. The van der Waals surface area contributed by atoms with E-state index >= 15 is 0 Å². The predicted octanol–water partition coefficient (Wildman–Crippen LogP) is 6.21. The number of methoxy groups -OCH3 is 1. The van der Waals surface area contributed by atoms with Crippen LogP contribution in [0, 0.1) is 10.9 Å². The van der Waals surface area contributed by atoms with Crippen LogP contribution in [-0.2, 0) is 0 Å². The molecule has 0 unspecified atom stereocenters. The van der Waals surface area contributed by atoms with Gasteiger partial charge in [0.15, 0.2) is 3.95 Å². The molecule has 2 aromatic heterocycles. The van der Waals surface area contributed by atoms with Gasteiger partial charge in [0.05, 0.1) is 32.6 Å². The Balaban J connectivity index is 0.000000162. The van der Waals surface area contributed by atoms with Crippen LogP contribution in [0.15, 0.2) is 42.5 Å². The van der Waals surface area contributed by atoms with Crippen LogP contribution < -0.4 is 4.74 Å². The minimum atomic E-state index is 0. The Morgan fingerprint density at radius 3 is 2.61 bits per heavy atom. The highest BCUT2D eigenvalue weighted by atomic mass is 32.1. The lowest BCUT2D eigenvalue weighted by atomic mass is 10.3. The molecule has 0 aliphatic carbocycles. The van der Waals surface area contributed by atoms with Crippen molar-refractivity contribution in [2.24, 2.45) is 0 Å². The van der Waals surface area contributed by atoms with Gasteiger partial charge in [-0.25, -0.2) is 4.98 Å². The molecule has 4 rings (SSSR count). The largest absolute Gasteiger partial charge is 0.497 e. The number of H-pyrrole nitrogens is 1. The number of aromatic nitrogens is 2. The Morgan fingerprint density at radius 1 is 1.09 bits per heavy atom. The highest BCUT2D eigenvalue weighted by molar-refractivity contribution is 7.73. The van der Waals surface area contributed by atoms with Gasteiger partial charge in [-0.05, 0) is 43.4 Å². The molecule has 0 fully saturated rings. The van der Waals surface area contributed by atoms with Gasteiger partial charge in [0.2, 0.25) is 0 Å². The fourth-order valence-corrected chi connectivity index (χ4v) is 3.97. The Kier molecular flexibility index (Phi) is 5.87. The van der Waals surface area contributed by atoms with Crippen LogP contribution in [0.1, 0.15) is 12.4 Å². The number of nitrogens with one attached hydrogen (secondary N) is 1. The number of thiazole rings is 2. The number of hydrogen-bond donors (Lipinski definition) is 1. The van der Waals surface area contributed by atoms with Crippen LogP contribution in [0.2, 0.25) is 0 Å². The second-order valence-corrected chi connectivity index (χ2v) is 7.53. The normalized spacial score (nSPS) is 10.0. The summed E-state index contributed by atoms with van der Waals surface area (Å²) in [7, 11) is 1.65. The molecule has 0 saturated carbocycles. The summed E-state index contributed by atoms with van der Waals surface area (Å²) >= 11 is 8.33. The Morgan fingerprint density at radius 2 is 1.87 bits per heavy atom. The van der Waals surface area contributed by atoms with Crippen molar-refractivity contribution in [1.29, 1.82) is 0 Å². The number of para-hydroxylation sites is 1. The predicted molar refractivity (Wildman–Crippen MR) is 105 cm³/mol. The van der Waals surface area contributed by atoms with Gasteiger partial charge >= 0.3 is 0 Å². The smallest absolute Gasteiger partial charge is 0.159 e. The molecular formula is C17H18N2OS3. The van der Waals surface area contributed by atoms with Crippen LogP contribution in [-0.4, -0.2) is 17.1 Å². The van der Waals surface area contributed by atoms with E-state index < -0.39 is 0 Å². The molecule has 0 bridgehead atoms. The van der Waals surface area contributed by atoms with Gasteiger partial charge in [-0.3, -0.25) is 0 Å². The van der Waals surface area contributed by atoms with Gasteiger partial charge in [-0.1, -0.05) is 19.6 Å². The summed E-state index contributed by atoms with van der Waals surface area (Å²) in [5.41, 5.74) is 2.16. The SMILES string of the molecule is C.COc1ccc2sc(=S)[nH]c2c1.Cc1nc2ccccc2s1. The summed E-state index contributed by atoms with van der Waals surface area (Å²) in [6, 6.07) is 14.1. The third kappa shape index (κ3) is 4.16. The van der Waals surface area contributed by atoms with Crippen LogP contribution in [0.3, 0.4) is 0 Å². The molecule has 2 aromatic carbocycles. The lowest BCUT2D eigenvalue weighted by molar-refractivity contribution is 0.415. The first-order valence-corrected chi connectivity index (χ1v) is 8.69. The van der Waals surface area contributed by atoms with E-state index in [0.29, 0.717) is 0 Å². The van der Waals surface area contributed by atoms with Crippen molar-refractivity contribution >= 4 is 55.3 Å². The fraction of sp³-hybridized carbons (Fsp3) is 0.176. The van der Waals surface area contributed by atoms with Crippen molar-refractivity contribution < 1.29 is 4.74 Å². The zero-order valence-electron chi connectivity index (χ0n) is 12.1. The van der Waals surface area contributed by atoms with Crippen molar-refractivity contribution in [1.82, 2.24) is 9.97 Å². The molecule has 4 aromatic rings. The maximum atomic E-state index is 5.08. The lowest BCUT2D eigenvalue weighted by Gasteiger charge is -1.96. The van der Waals surface area contributed by atoms with Gasteiger partial charge in [0.1, 0.15) is 5.75 Å². The fourth-order valence-electron chi connectivity index (χ4n) is 2.05. The Labute approximate surface area is 148 Å². The highest BCUT2D eigenvalue weighted by Gasteiger charge is 1.98. The zero-order valence-corrected chi connectivity index (χ0v) is 14.6. The van der Waals surface area contributed by atoms with E-state index in [1.165, 1.54) is 9.40 Å². The van der Waals surface area contributed by atoms with Crippen LogP contribution in [0.25, 0.3) is 20.4 Å². The molecule has 0 radical (unpaired) electrons. The molecule has 23 heavy (non-hydrogen) atoms. The maximum Gasteiger partial charge on any atom is 0.159 e. The quantitative estimate of drug-likeness (QED) is 0.409. The van der Waals surface area contributed by atoms with E-state index in [1.807, 2.05) is 43.3 Å². The summed E-state index contributed by atoms with van der Waals surface area (Å²) in [6.07, 6.45) is 0. The topological polar surface area (TPSA) is 37.9 Å². The van der Waals surface area contributed by atoms with E-state index in [9.17, 15) is 0 Å². The molecule has 0 atom stereocenters. The maximum absolute atomic E-state index is 5.08. The monoisotopic (exact) mass is 362 g/mol. The Bertz CT molecular complexity index is 935. The summed E-state index contributed by atoms with van der Waals surface area (Å²) < 4.78 is 8.33. The number of hydrogen-bond acceptors (Lipinski definition) is 5.